The SMILES string of the molecule is CN(C)C(=O)C[C@@H]1CC2(CCN(C(=O)c3ccc(F)cc3)CC2)Oc2ccccc21. The highest BCUT2D eigenvalue weighted by Gasteiger charge is 2.44. The Morgan fingerprint density at radius 1 is 1.10 bits per heavy atom. The molecule has 0 radical (unpaired) electrons. The van der Waals surface area contributed by atoms with Crippen LogP contribution < -0.4 is 4.74 Å². The molecule has 0 saturated carbocycles. The molecule has 1 atom stereocenters. The second kappa shape index (κ2) is 8.09. The van der Waals surface area contributed by atoms with Gasteiger partial charge in [0.2, 0.25) is 5.91 Å². The van der Waals surface area contributed by atoms with Gasteiger partial charge in [0, 0.05) is 57.9 Å². The van der Waals surface area contributed by atoms with E-state index in [4.69, 9.17) is 4.74 Å². The summed E-state index contributed by atoms with van der Waals surface area (Å²) >= 11 is 0. The molecule has 0 aliphatic carbocycles. The molecule has 0 unspecified atom stereocenters. The smallest absolute Gasteiger partial charge is 0.253 e. The Balaban J connectivity index is 1.49. The molecule has 2 aromatic carbocycles. The summed E-state index contributed by atoms with van der Waals surface area (Å²) in [7, 11) is 3.56. The molecule has 4 rings (SSSR count). The summed E-state index contributed by atoms with van der Waals surface area (Å²) < 4.78 is 19.6. The van der Waals surface area contributed by atoms with Crippen molar-refractivity contribution in [1.82, 2.24) is 9.80 Å². The number of amides is 2. The molecule has 158 valence electrons. The number of hydrogen-bond acceptors (Lipinski definition) is 3. The quantitative estimate of drug-likeness (QED) is 0.772. The molecular weight excluding hydrogens is 383 g/mol. The third-order valence-corrected chi connectivity index (χ3v) is 6.28. The van der Waals surface area contributed by atoms with E-state index in [9.17, 15) is 14.0 Å². The minimum Gasteiger partial charge on any atom is -0.487 e. The van der Waals surface area contributed by atoms with Crippen LogP contribution in [-0.4, -0.2) is 54.4 Å². The van der Waals surface area contributed by atoms with Crippen molar-refractivity contribution in [3.8, 4) is 5.75 Å². The van der Waals surface area contributed by atoms with E-state index in [-0.39, 0.29) is 29.2 Å². The first kappa shape index (κ1) is 20.4. The molecule has 5 nitrogen and oxygen atoms in total. The minimum atomic E-state index is -0.370. The number of carbonyl (C=O) groups is 2. The van der Waals surface area contributed by atoms with Gasteiger partial charge in [0.05, 0.1) is 0 Å². The zero-order valence-electron chi connectivity index (χ0n) is 17.4. The number of piperidine rings is 1. The number of rotatable bonds is 3. The number of benzene rings is 2. The van der Waals surface area contributed by atoms with Crippen molar-refractivity contribution < 1.29 is 18.7 Å². The van der Waals surface area contributed by atoms with E-state index in [1.165, 1.54) is 24.3 Å². The first-order chi connectivity index (χ1) is 14.4. The number of carbonyl (C=O) groups excluding carboxylic acids is 2. The molecule has 2 aliphatic rings. The van der Waals surface area contributed by atoms with Gasteiger partial charge in [-0.3, -0.25) is 9.59 Å². The topological polar surface area (TPSA) is 49.9 Å². The lowest BCUT2D eigenvalue weighted by atomic mass is 9.76. The van der Waals surface area contributed by atoms with E-state index in [1.54, 1.807) is 19.0 Å². The summed E-state index contributed by atoms with van der Waals surface area (Å²) in [5.74, 6) is 0.621. The van der Waals surface area contributed by atoms with Gasteiger partial charge in [0.1, 0.15) is 17.2 Å². The lowest BCUT2D eigenvalue weighted by Crippen LogP contribution is -2.52. The van der Waals surface area contributed by atoms with E-state index in [0.29, 0.717) is 37.9 Å². The highest BCUT2D eigenvalue weighted by molar-refractivity contribution is 5.94. The Morgan fingerprint density at radius 2 is 1.77 bits per heavy atom. The van der Waals surface area contributed by atoms with Crippen LogP contribution in [0.4, 0.5) is 4.39 Å². The molecule has 0 bridgehead atoms. The third kappa shape index (κ3) is 4.04. The Hall–Kier alpha value is -2.89. The van der Waals surface area contributed by atoms with Crippen molar-refractivity contribution in [1.29, 1.82) is 0 Å². The third-order valence-electron chi connectivity index (χ3n) is 6.28. The molecule has 2 aromatic rings. The van der Waals surface area contributed by atoms with Crippen molar-refractivity contribution in [3.05, 3.63) is 65.5 Å². The largest absolute Gasteiger partial charge is 0.487 e. The van der Waals surface area contributed by atoms with Crippen LogP contribution in [0.3, 0.4) is 0 Å². The molecule has 2 amide bonds. The Labute approximate surface area is 176 Å². The van der Waals surface area contributed by atoms with Gasteiger partial charge >= 0.3 is 0 Å². The summed E-state index contributed by atoms with van der Waals surface area (Å²) in [5, 5.41) is 0. The van der Waals surface area contributed by atoms with Crippen LogP contribution in [0.5, 0.6) is 5.75 Å². The molecule has 2 aliphatic heterocycles. The average molecular weight is 410 g/mol. The van der Waals surface area contributed by atoms with E-state index in [1.807, 2.05) is 29.2 Å². The minimum absolute atomic E-state index is 0.0830. The van der Waals surface area contributed by atoms with Crippen LogP contribution in [0.25, 0.3) is 0 Å². The van der Waals surface area contributed by atoms with Gasteiger partial charge in [0.15, 0.2) is 0 Å². The molecule has 1 saturated heterocycles. The number of fused-ring (bicyclic) bond motifs is 1. The molecule has 1 fully saturated rings. The fourth-order valence-electron chi connectivity index (χ4n) is 4.52. The zero-order valence-corrected chi connectivity index (χ0v) is 17.4. The second-order valence-electron chi connectivity index (χ2n) is 8.52. The van der Waals surface area contributed by atoms with Gasteiger partial charge in [-0.05, 0) is 42.3 Å². The lowest BCUT2D eigenvalue weighted by Gasteiger charge is -2.47. The van der Waals surface area contributed by atoms with Crippen molar-refractivity contribution in [3.63, 3.8) is 0 Å². The van der Waals surface area contributed by atoms with E-state index in [2.05, 4.69) is 0 Å². The van der Waals surface area contributed by atoms with Gasteiger partial charge in [-0.25, -0.2) is 4.39 Å². The summed E-state index contributed by atoms with van der Waals surface area (Å²) in [4.78, 5) is 28.6. The van der Waals surface area contributed by atoms with Crippen LogP contribution in [-0.2, 0) is 4.79 Å². The standard InChI is InChI=1S/C24H27FN2O3/c1-26(2)22(28)15-18-16-24(30-21-6-4-3-5-20(18)21)11-13-27(14-12-24)23(29)17-7-9-19(25)10-8-17/h3-10,18H,11-16H2,1-2H3/t18-/m1/s1. The van der Waals surface area contributed by atoms with Gasteiger partial charge in [-0.15, -0.1) is 0 Å². The van der Waals surface area contributed by atoms with Crippen molar-refractivity contribution >= 4 is 11.8 Å². The number of hydrogen-bond donors (Lipinski definition) is 0. The Kier molecular flexibility index (Phi) is 5.50. The normalized spacial score (nSPS) is 19.7. The highest BCUT2D eigenvalue weighted by atomic mass is 19.1. The summed E-state index contributed by atoms with van der Waals surface area (Å²) in [6.07, 6.45) is 2.64. The van der Waals surface area contributed by atoms with E-state index < -0.39 is 0 Å². The lowest BCUT2D eigenvalue weighted by molar-refractivity contribution is -0.129. The molecule has 0 aromatic heterocycles. The molecule has 1 spiro atoms. The molecule has 2 heterocycles. The van der Waals surface area contributed by atoms with Crippen LogP contribution >= 0.6 is 0 Å². The van der Waals surface area contributed by atoms with Crippen LogP contribution in [0.1, 0.15) is 47.5 Å². The van der Waals surface area contributed by atoms with Gasteiger partial charge in [-0.2, -0.15) is 0 Å². The summed E-state index contributed by atoms with van der Waals surface area (Å²) in [5.41, 5.74) is 1.21. The fraction of sp³-hybridized carbons (Fsp3) is 0.417. The van der Waals surface area contributed by atoms with Gasteiger partial charge < -0.3 is 14.5 Å². The van der Waals surface area contributed by atoms with Crippen molar-refractivity contribution in [2.24, 2.45) is 0 Å². The van der Waals surface area contributed by atoms with Gasteiger partial charge in [0.25, 0.3) is 5.91 Å². The fourth-order valence-corrected chi connectivity index (χ4v) is 4.52. The summed E-state index contributed by atoms with van der Waals surface area (Å²) in [6.45, 7) is 1.15. The first-order valence-corrected chi connectivity index (χ1v) is 10.4. The Bertz CT molecular complexity index is 934. The van der Waals surface area contributed by atoms with E-state index in [0.717, 1.165) is 17.7 Å². The maximum Gasteiger partial charge on any atom is 0.253 e. The molecule has 6 heteroatoms. The van der Waals surface area contributed by atoms with Crippen LogP contribution in [0.15, 0.2) is 48.5 Å². The molecule has 0 N–H and O–H groups in total. The van der Waals surface area contributed by atoms with E-state index >= 15 is 0 Å². The van der Waals surface area contributed by atoms with Crippen LogP contribution in [0, 0.1) is 5.82 Å². The second-order valence-corrected chi connectivity index (χ2v) is 8.52. The molecular formula is C24H27FN2O3. The Morgan fingerprint density at radius 3 is 2.43 bits per heavy atom. The average Bonchev–Trinajstić information content (AvgIpc) is 2.74. The summed E-state index contributed by atoms with van der Waals surface area (Å²) in [6, 6.07) is 13.6. The van der Waals surface area contributed by atoms with Gasteiger partial charge in [-0.1, -0.05) is 18.2 Å². The number of para-hydroxylation sites is 1. The predicted molar refractivity (Wildman–Crippen MR) is 112 cm³/mol. The van der Waals surface area contributed by atoms with Crippen LogP contribution in [0.2, 0.25) is 0 Å². The number of nitrogens with zero attached hydrogens (tertiary/aromatic N) is 2. The van der Waals surface area contributed by atoms with Crippen molar-refractivity contribution in [2.45, 2.75) is 37.2 Å². The maximum absolute atomic E-state index is 13.2. The first-order valence-electron chi connectivity index (χ1n) is 10.4. The predicted octanol–water partition coefficient (Wildman–Crippen LogP) is 3.85. The number of ether oxygens (including phenoxy) is 1. The molecule has 30 heavy (non-hydrogen) atoms. The monoisotopic (exact) mass is 410 g/mol. The van der Waals surface area contributed by atoms with Crippen molar-refractivity contribution in [2.75, 3.05) is 27.2 Å². The number of halogens is 1. The highest BCUT2D eigenvalue weighted by Crippen LogP contribution is 2.46. The zero-order chi connectivity index (χ0) is 21.3. The number of likely N-dealkylation sites (tertiary alicyclic amines) is 1. The maximum atomic E-state index is 13.2.